The number of carbonyl (C=O) groups is 2. The molecule has 0 amide bonds. The normalized spacial score (nSPS) is 11.2. The van der Waals surface area contributed by atoms with Gasteiger partial charge in [0.2, 0.25) is 0 Å². The zero-order valence-corrected chi connectivity index (χ0v) is 21.7. The van der Waals surface area contributed by atoms with Gasteiger partial charge in [-0.25, -0.2) is 13.2 Å². The summed E-state index contributed by atoms with van der Waals surface area (Å²) in [5, 5.41) is 0.526. The molecule has 1 heterocycles. The van der Waals surface area contributed by atoms with E-state index in [2.05, 4.69) is 0 Å². The number of rotatable bonds is 8. The van der Waals surface area contributed by atoms with Crippen molar-refractivity contribution in [2.45, 2.75) is 4.90 Å². The van der Waals surface area contributed by atoms with E-state index < -0.39 is 28.4 Å². The summed E-state index contributed by atoms with van der Waals surface area (Å²) in [4.78, 5) is 26.0. The Labute approximate surface area is 225 Å². The molecule has 0 atom stereocenters. The first-order chi connectivity index (χ1) is 18.9. The van der Waals surface area contributed by atoms with Gasteiger partial charge in [-0.15, -0.1) is 0 Å². The summed E-state index contributed by atoms with van der Waals surface area (Å²) < 4.78 is 40.5. The molecule has 0 aliphatic rings. The van der Waals surface area contributed by atoms with E-state index in [1.807, 2.05) is 30.3 Å². The zero-order valence-electron chi connectivity index (χ0n) is 20.9. The molecule has 0 unspecified atom stereocenters. The SMILES string of the molecule is COC(=O)c1cn(C(=O)CN(c2ccc(Oc3ccccc3)cc2)S(=O)(=O)c2ccccc2)c2ccccc12. The lowest BCUT2D eigenvalue weighted by Crippen LogP contribution is -2.37. The Morgan fingerprint density at radius 3 is 2.03 bits per heavy atom. The molecule has 0 aliphatic heterocycles. The number of benzene rings is 4. The van der Waals surface area contributed by atoms with Crippen LogP contribution in [0.5, 0.6) is 11.5 Å². The summed E-state index contributed by atoms with van der Waals surface area (Å²) in [6.07, 6.45) is 1.38. The van der Waals surface area contributed by atoms with Crippen molar-refractivity contribution in [1.82, 2.24) is 4.57 Å². The van der Waals surface area contributed by atoms with Crippen LogP contribution in [0, 0.1) is 0 Å². The number of sulfonamides is 1. The number of para-hydroxylation sites is 2. The van der Waals surface area contributed by atoms with Crippen LogP contribution in [0.3, 0.4) is 0 Å². The molecule has 196 valence electrons. The van der Waals surface area contributed by atoms with Crippen molar-refractivity contribution in [2.24, 2.45) is 0 Å². The molecular formula is C30H24N2O6S. The molecule has 1 aromatic heterocycles. The Balaban J connectivity index is 1.53. The molecule has 4 aromatic carbocycles. The standard InChI is InChI=1S/C30H24N2O6S/c1-37-30(34)27-20-31(28-15-9-8-14-26(27)28)29(33)21-32(39(35,36)25-12-6-3-7-13-25)22-16-18-24(19-17-22)38-23-10-4-2-5-11-23/h2-20H,21H2,1H3. The minimum atomic E-state index is -4.13. The maximum atomic E-state index is 13.8. The molecule has 9 heteroatoms. The van der Waals surface area contributed by atoms with Crippen LogP contribution in [0.4, 0.5) is 5.69 Å². The number of anilines is 1. The second-order valence-corrected chi connectivity index (χ2v) is 10.4. The molecule has 0 saturated carbocycles. The predicted octanol–water partition coefficient (Wildman–Crippen LogP) is 5.76. The number of fused-ring (bicyclic) bond motifs is 1. The van der Waals surface area contributed by atoms with Crippen LogP contribution in [0.25, 0.3) is 10.9 Å². The van der Waals surface area contributed by atoms with E-state index in [0.717, 1.165) is 4.31 Å². The smallest absolute Gasteiger partial charge is 0.340 e. The Hall–Kier alpha value is -4.89. The highest BCUT2D eigenvalue weighted by Gasteiger charge is 2.29. The van der Waals surface area contributed by atoms with E-state index in [1.54, 1.807) is 66.7 Å². The van der Waals surface area contributed by atoms with Gasteiger partial charge >= 0.3 is 5.97 Å². The van der Waals surface area contributed by atoms with Crippen LogP contribution in [0.2, 0.25) is 0 Å². The molecule has 0 radical (unpaired) electrons. The molecule has 0 saturated heterocycles. The average molecular weight is 541 g/mol. The second kappa shape index (κ2) is 10.8. The number of ether oxygens (including phenoxy) is 2. The topological polar surface area (TPSA) is 94.9 Å². The van der Waals surface area contributed by atoms with Crippen LogP contribution in [-0.4, -0.2) is 38.5 Å². The second-order valence-electron chi connectivity index (χ2n) is 8.55. The quantitative estimate of drug-likeness (QED) is 0.233. The van der Waals surface area contributed by atoms with Crippen LogP contribution in [0.15, 0.2) is 120 Å². The lowest BCUT2D eigenvalue weighted by molar-refractivity contribution is 0.0603. The number of hydrogen-bond donors (Lipinski definition) is 0. The highest BCUT2D eigenvalue weighted by Crippen LogP contribution is 2.29. The van der Waals surface area contributed by atoms with Gasteiger partial charge in [-0.1, -0.05) is 54.6 Å². The monoisotopic (exact) mass is 540 g/mol. The van der Waals surface area contributed by atoms with Crippen LogP contribution in [-0.2, 0) is 14.8 Å². The van der Waals surface area contributed by atoms with Crippen molar-refractivity contribution in [2.75, 3.05) is 18.0 Å². The predicted molar refractivity (Wildman–Crippen MR) is 148 cm³/mol. The molecule has 0 fully saturated rings. The van der Waals surface area contributed by atoms with Gasteiger partial charge in [-0.3, -0.25) is 13.7 Å². The van der Waals surface area contributed by atoms with Crippen LogP contribution < -0.4 is 9.04 Å². The summed E-state index contributed by atoms with van der Waals surface area (Å²) in [5.74, 6) is -0.00599. The summed E-state index contributed by atoms with van der Waals surface area (Å²) >= 11 is 0. The van der Waals surface area contributed by atoms with E-state index in [0.29, 0.717) is 22.4 Å². The zero-order chi connectivity index (χ0) is 27.4. The van der Waals surface area contributed by atoms with Gasteiger partial charge in [0.15, 0.2) is 0 Å². The molecule has 5 rings (SSSR count). The molecule has 8 nitrogen and oxygen atoms in total. The fraction of sp³-hybridized carbons (Fsp3) is 0.0667. The number of nitrogens with zero attached hydrogens (tertiary/aromatic N) is 2. The largest absolute Gasteiger partial charge is 0.465 e. The highest BCUT2D eigenvalue weighted by molar-refractivity contribution is 7.92. The summed E-state index contributed by atoms with van der Waals surface area (Å²) in [7, 11) is -2.87. The van der Waals surface area contributed by atoms with E-state index in [-0.39, 0.29) is 16.1 Å². The first kappa shape index (κ1) is 25.7. The van der Waals surface area contributed by atoms with E-state index in [9.17, 15) is 18.0 Å². The van der Waals surface area contributed by atoms with Crippen molar-refractivity contribution in [3.05, 3.63) is 121 Å². The molecule has 0 aliphatic carbocycles. The fourth-order valence-corrected chi connectivity index (χ4v) is 5.63. The maximum absolute atomic E-state index is 13.8. The van der Waals surface area contributed by atoms with E-state index in [4.69, 9.17) is 9.47 Å². The number of hydrogen-bond acceptors (Lipinski definition) is 6. The summed E-state index contributed by atoms with van der Waals surface area (Å²) in [6, 6.07) is 30.4. The third-order valence-corrected chi connectivity index (χ3v) is 7.89. The Kier molecular flexibility index (Phi) is 7.16. The van der Waals surface area contributed by atoms with Crippen molar-refractivity contribution in [3.63, 3.8) is 0 Å². The average Bonchev–Trinajstić information content (AvgIpc) is 3.37. The van der Waals surface area contributed by atoms with Crippen molar-refractivity contribution in [1.29, 1.82) is 0 Å². The van der Waals surface area contributed by atoms with Crippen molar-refractivity contribution in [3.8, 4) is 11.5 Å². The van der Waals surface area contributed by atoms with E-state index in [1.165, 1.54) is 30.0 Å². The van der Waals surface area contributed by atoms with Crippen LogP contribution in [0.1, 0.15) is 15.2 Å². The Morgan fingerprint density at radius 1 is 0.769 bits per heavy atom. The van der Waals surface area contributed by atoms with Gasteiger partial charge in [0.1, 0.15) is 18.0 Å². The molecule has 39 heavy (non-hydrogen) atoms. The Bertz CT molecular complexity index is 1730. The molecule has 0 spiro atoms. The number of methoxy groups -OCH3 is 1. The van der Waals surface area contributed by atoms with Gasteiger partial charge in [0, 0.05) is 11.6 Å². The van der Waals surface area contributed by atoms with Gasteiger partial charge < -0.3 is 9.47 Å². The fourth-order valence-electron chi connectivity index (χ4n) is 4.20. The molecular weight excluding hydrogens is 516 g/mol. The third-order valence-electron chi connectivity index (χ3n) is 6.10. The maximum Gasteiger partial charge on any atom is 0.340 e. The molecule has 5 aromatic rings. The highest BCUT2D eigenvalue weighted by atomic mass is 32.2. The summed E-state index contributed by atoms with van der Waals surface area (Å²) in [6.45, 7) is -0.518. The van der Waals surface area contributed by atoms with Gasteiger partial charge in [0.05, 0.1) is 28.8 Å². The minimum Gasteiger partial charge on any atom is -0.465 e. The number of carbonyl (C=O) groups excluding carboxylic acids is 2. The first-order valence-corrected chi connectivity index (χ1v) is 13.4. The number of esters is 1. The van der Waals surface area contributed by atoms with Gasteiger partial charge in [0.25, 0.3) is 15.9 Å². The lowest BCUT2D eigenvalue weighted by atomic mass is 10.2. The van der Waals surface area contributed by atoms with Gasteiger partial charge in [-0.05, 0) is 54.6 Å². The van der Waals surface area contributed by atoms with Crippen LogP contribution >= 0.6 is 0 Å². The molecule has 0 N–H and O–H groups in total. The van der Waals surface area contributed by atoms with E-state index >= 15 is 0 Å². The third kappa shape index (κ3) is 5.25. The minimum absolute atomic E-state index is 0.0371. The van der Waals surface area contributed by atoms with Gasteiger partial charge in [-0.2, -0.15) is 0 Å². The first-order valence-electron chi connectivity index (χ1n) is 12.0. The van der Waals surface area contributed by atoms with Crippen molar-refractivity contribution >= 4 is 38.5 Å². The Morgan fingerprint density at radius 2 is 1.36 bits per heavy atom. The summed E-state index contributed by atoms with van der Waals surface area (Å²) in [5.41, 5.74) is 0.949. The lowest BCUT2D eigenvalue weighted by Gasteiger charge is -2.24. The molecule has 0 bridgehead atoms. The number of aromatic nitrogens is 1. The van der Waals surface area contributed by atoms with Crippen molar-refractivity contribution < 1.29 is 27.5 Å².